The Bertz CT molecular complexity index is 280. The average Bonchev–Trinajstić information content (AvgIpc) is 2.33. The molecule has 0 bridgehead atoms. The zero-order chi connectivity index (χ0) is 9.14. The third-order valence-electron chi connectivity index (χ3n) is 1.15. The molecule has 0 unspecified atom stereocenters. The minimum absolute atomic E-state index is 0.0451. The highest BCUT2D eigenvalue weighted by Gasteiger charge is 2.15. The normalized spacial score (nSPS) is 10.3. The zero-order valence-electron chi connectivity index (χ0n) is 6.83. The lowest BCUT2D eigenvalue weighted by Crippen LogP contribution is -2.11. The van der Waals surface area contributed by atoms with Crippen molar-refractivity contribution < 1.29 is 13.9 Å². The molecule has 2 nitrogen and oxygen atoms in total. The maximum absolute atomic E-state index is 12.8. The van der Waals surface area contributed by atoms with Gasteiger partial charge in [0.05, 0.1) is 6.10 Å². The van der Waals surface area contributed by atoms with Crippen molar-refractivity contribution in [3.05, 3.63) is 22.1 Å². The molecule has 0 fully saturated rings. The summed E-state index contributed by atoms with van der Waals surface area (Å²) in [5.41, 5.74) is 0. The molecule has 0 saturated carbocycles. The van der Waals surface area contributed by atoms with E-state index < -0.39 is 11.8 Å². The molecule has 0 amide bonds. The summed E-state index contributed by atoms with van der Waals surface area (Å²) in [6, 6.07) is 1.25. The second-order valence-electron chi connectivity index (χ2n) is 2.55. The first-order chi connectivity index (χ1) is 5.61. The Labute approximate surface area is 74.0 Å². The number of hydrogen-bond donors (Lipinski definition) is 0. The smallest absolute Gasteiger partial charge is 0.351 e. The van der Waals surface area contributed by atoms with E-state index in [4.69, 9.17) is 4.74 Å². The summed E-state index contributed by atoms with van der Waals surface area (Å²) in [5.74, 6) is -1.09. The Balaban J connectivity index is 2.72. The monoisotopic (exact) mass is 188 g/mol. The summed E-state index contributed by atoms with van der Waals surface area (Å²) in [6.45, 7) is 3.45. The first kappa shape index (κ1) is 9.19. The summed E-state index contributed by atoms with van der Waals surface area (Å²) in [5, 5.41) is 1.52. The van der Waals surface area contributed by atoms with Crippen LogP contribution in [0, 0.1) is 5.82 Å². The van der Waals surface area contributed by atoms with Gasteiger partial charge in [0, 0.05) is 0 Å². The predicted octanol–water partition coefficient (Wildman–Crippen LogP) is 2.45. The highest BCUT2D eigenvalue weighted by Crippen LogP contribution is 2.16. The fourth-order valence-corrected chi connectivity index (χ4v) is 1.36. The van der Waals surface area contributed by atoms with Crippen molar-refractivity contribution in [2.45, 2.75) is 20.0 Å². The van der Waals surface area contributed by atoms with E-state index in [0.29, 0.717) is 0 Å². The number of rotatable bonds is 2. The maximum atomic E-state index is 12.8. The van der Waals surface area contributed by atoms with Gasteiger partial charge in [-0.3, -0.25) is 0 Å². The fourth-order valence-electron chi connectivity index (χ4n) is 0.707. The molecule has 0 N–H and O–H groups in total. The first-order valence-electron chi connectivity index (χ1n) is 3.55. The molecule has 1 aromatic rings. The van der Waals surface area contributed by atoms with Gasteiger partial charge < -0.3 is 4.74 Å². The lowest BCUT2D eigenvalue weighted by atomic mass is 10.4. The van der Waals surface area contributed by atoms with Crippen LogP contribution in [0.3, 0.4) is 0 Å². The maximum Gasteiger partial charge on any atom is 0.351 e. The average molecular weight is 188 g/mol. The van der Waals surface area contributed by atoms with Crippen molar-refractivity contribution in [3.63, 3.8) is 0 Å². The van der Waals surface area contributed by atoms with Gasteiger partial charge in [-0.05, 0) is 25.3 Å². The third kappa shape index (κ3) is 2.04. The quantitative estimate of drug-likeness (QED) is 0.666. The Morgan fingerprint density at radius 3 is 2.75 bits per heavy atom. The molecular formula is C8H9FO2S. The number of halogens is 1. The predicted molar refractivity (Wildman–Crippen MR) is 44.8 cm³/mol. The van der Waals surface area contributed by atoms with E-state index in [1.165, 1.54) is 11.4 Å². The standard InChI is InChI=1S/C8H9FO2S/c1-5(2)11-8(10)7-6(9)3-4-12-7/h3-5H,1-2H3. The summed E-state index contributed by atoms with van der Waals surface area (Å²) in [6.07, 6.45) is -0.209. The molecule has 0 aliphatic carbocycles. The molecule has 66 valence electrons. The number of hydrogen-bond acceptors (Lipinski definition) is 3. The van der Waals surface area contributed by atoms with Gasteiger partial charge in [0.25, 0.3) is 0 Å². The van der Waals surface area contributed by atoms with Crippen LogP contribution in [-0.4, -0.2) is 12.1 Å². The number of esters is 1. The van der Waals surface area contributed by atoms with Crippen LogP contribution in [0.25, 0.3) is 0 Å². The van der Waals surface area contributed by atoms with E-state index in [9.17, 15) is 9.18 Å². The van der Waals surface area contributed by atoms with Gasteiger partial charge in [-0.25, -0.2) is 9.18 Å². The summed E-state index contributed by atoms with van der Waals surface area (Å²) in [7, 11) is 0. The largest absolute Gasteiger partial charge is 0.459 e. The van der Waals surface area contributed by atoms with Crippen LogP contribution in [0.2, 0.25) is 0 Å². The minimum atomic E-state index is -0.586. The summed E-state index contributed by atoms with van der Waals surface area (Å²) < 4.78 is 17.6. The fraction of sp³-hybridized carbons (Fsp3) is 0.375. The SMILES string of the molecule is CC(C)OC(=O)c1sccc1F. The topological polar surface area (TPSA) is 26.3 Å². The van der Waals surface area contributed by atoms with Crippen LogP contribution in [0.15, 0.2) is 11.4 Å². The van der Waals surface area contributed by atoms with Crippen LogP contribution in [-0.2, 0) is 4.74 Å². The molecular weight excluding hydrogens is 179 g/mol. The van der Waals surface area contributed by atoms with Crippen LogP contribution < -0.4 is 0 Å². The van der Waals surface area contributed by atoms with Crippen LogP contribution in [0.4, 0.5) is 4.39 Å². The second-order valence-corrected chi connectivity index (χ2v) is 3.47. The molecule has 1 rings (SSSR count). The van der Waals surface area contributed by atoms with Crippen molar-refractivity contribution in [3.8, 4) is 0 Å². The van der Waals surface area contributed by atoms with E-state index in [1.807, 2.05) is 0 Å². The summed E-state index contributed by atoms with van der Waals surface area (Å²) in [4.78, 5) is 11.1. The molecule has 1 aromatic heterocycles. The van der Waals surface area contributed by atoms with E-state index >= 15 is 0 Å². The van der Waals surface area contributed by atoms with Gasteiger partial charge in [-0.15, -0.1) is 11.3 Å². The minimum Gasteiger partial charge on any atom is -0.459 e. The lowest BCUT2D eigenvalue weighted by Gasteiger charge is -2.05. The highest BCUT2D eigenvalue weighted by molar-refractivity contribution is 7.12. The van der Waals surface area contributed by atoms with Crippen molar-refractivity contribution in [2.24, 2.45) is 0 Å². The number of carbonyl (C=O) groups is 1. The Kier molecular flexibility index (Phi) is 2.81. The Morgan fingerprint density at radius 1 is 1.67 bits per heavy atom. The van der Waals surface area contributed by atoms with Gasteiger partial charge in [0.2, 0.25) is 0 Å². The first-order valence-corrected chi connectivity index (χ1v) is 4.43. The van der Waals surface area contributed by atoms with Crippen molar-refractivity contribution in [1.29, 1.82) is 0 Å². The van der Waals surface area contributed by atoms with E-state index in [0.717, 1.165) is 11.3 Å². The van der Waals surface area contributed by atoms with Crippen molar-refractivity contribution in [2.75, 3.05) is 0 Å². The molecule has 0 atom stereocenters. The van der Waals surface area contributed by atoms with Crippen LogP contribution in [0.1, 0.15) is 23.5 Å². The van der Waals surface area contributed by atoms with Gasteiger partial charge in [0.15, 0.2) is 0 Å². The van der Waals surface area contributed by atoms with E-state index in [1.54, 1.807) is 13.8 Å². The second kappa shape index (κ2) is 3.67. The van der Waals surface area contributed by atoms with Gasteiger partial charge in [0.1, 0.15) is 10.7 Å². The molecule has 4 heteroatoms. The Hall–Kier alpha value is -0.900. The number of carbonyl (C=O) groups excluding carboxylic acids is 1. The van der Waals surface area contributed by atoms with Crippen LogP contribution >= 0.6 is 11.3 Å². The van der Waals surface area contributed by atoms with E-state index in [-0.39, 0.29) is 11.0 Å². The Morgan fingerprint density at radius 2 is 2.33 bits per heavy atom. The van der Waals surface area contributed by atoms with E-state index in [2.05, 4.69) is 0 Å². The molecule has 0 aliphatic rings. The number of thiophene rings is 1. The molecule has 0 saturated heterocycles. The number of ether oxygens (including phenoxy) is 1. The van der Waals surface area contributed by atoms with Crippen LogP contribution in [0.5, 0.6) is 0 Å². The van der Waals surface area contributed by atoms with Crippen molar-refractivity contribution >= 4 is 17.3 Å². The van der Waals surface area contributed by atoms with Crippen molar-refractivity contribution in [1.82, 2.24) is 0 Å². The molecule has 0 aromatic carbocycles. The molecule has 1 heterocycles. The zero-order valence-corrected chi connectivity index (χ0v) is 7.65. The van der Waals surface area contributed by atoms with Gasteiger partial charge in [-0.2, -0.15) is 0 Å². The highest BCUT2D eigenvalue weighted by atomic mass is 32.1. The molecule has 12 heavy (non-hydrogen) atoms. The van der Waals surface area contributed by atoms with Gasteiger partial charge in [-0.1, -0.05) is 0 Å². The molecule has 0 radical (unpaired) electrons. The molecule has 0 aliphatic heterocycles. The summed E-state index contributed by atoms with van der Waals surface area (Å²) >= 11 is 1.05. The lowest BCUT2D eigenvalue weighted by molar-refractivity contribution is 0.0379. The third-order valence-corrected chi connectivity index (χ3v) is 2.01. The molecule has 0 spiro atoms. The van der Waals surface area contributed by atoms with Gasteiger partial charge >= 0.3 is 5.97 Å².